The number of carbonyl (C=O) groups is 1. The zero-order valence-electron chi connectivity index (χ0n) is 16.1. The van der Waals surface area contributed by atoms with E-state index in [2.05, 4.69) is 18.7 Å². The van der Waals surface area contributed by atoms with Gasteiger partial charge in [-0.25, -0.2) is 10.7 Å². The van der Waals surface area contributed by atoms with E-state index in [0.717, 1.165) is 77.0 Å². The summed E-state index contributed by atoms with van der Waals surface area (Å²) in [4.78, 5) is 21.1. The second-order valence-electron chi connectivity index (χ2n) is 8.46. The summed E-state index contributed by atoms with van der Waals surface area (Å²) < 4.78 is 0. The molecule has 6 heteroatoms. The van der Waals surface area contributed by atoms with Crippen molar-refractivity contribution in [2.24, 2.45) is 22.6 Å². The maximum Gasteiger partial charge on any atom is 0.330 e. The monoisotopic (exact) mass is 358 g/mol. The van der Waals surface area contributed by atoms with Gasteiger partial charge in [0.05, 0.1) is 11.5 Å². The molecule has 1 rings (SSSR count). The van der Waals surface area contributed by atoms with Gasteiger partial charge in [-0.05, 0) is 43.9 Å². The molecule has 25 heavy (non-hydrogen) atoms. The molecule has 1 atom stereocenters. The predicted octanol–water partition coefficient (Wildman–Crippen LogP) is 3.36. The van der Waals surface area contributed by atoms with E-state index in [1.165, 1.54) is 0 Å². The molecule has 0 heterocycles. The smallest absolute Gasteiger partial charge is 0.330 e. The van der Waals surface area contributed by atoms with Crippen LogP contribution in [0, 0.1) is 10.8 Å². The number of hydrogen-bond donors (Lipinski definition) is 3. The van der Waals surface area contributed by atoms with Gasteiger partial charge in [-0.1, -0.05) is 52.4 Å². The van der Waals surface area contributed by atoms with Gasteiger partial charge in [0.25, 0.3) is 0 Å². The van der Waals surface area contributed by atoms with Crippen molar-refractivity contribution in [3.05, 3.63) is 0 Å². The lowest BCUT2D eigenvalue weighted by Crippen LogP contribution is -2.22. The quantitative estimate of drug-likeness (QED) is 0.306. The minimum atomic E-state index is -0.277. The fraction of sp³-hybridized carbons (Fsp3) is 0.947. The van der Waals surface area contributed by atoms with Crippen LogP contribution >= 0.6 is 0 Å². The third-order valence-electron chi connectivity index (χ3n) is 5.58. The van der Waals surface area contributed by atoms with E-state index in [0.29, 0.717) is 0 Å². The average Bonchev–Trinajstić information content (AvgIpc) is 3.39. The van der Waals surface area contributed by atoms with Gasteiger partial charge >= 0.3 is 5.97 Å². The van der Waals surface area contributed by atoms with E-state index < -0.39 is 0 Å². The van der Waals surface area contributed by atoms with Gasteiger partial charge in [0, 0.05) is 6.61 Å². The zero-order valence-corrected chi connectivity index (χ0v) is 16.1. The van der Waals surface area contributed by atoms with Crippen LogP contribution in [0.2, 0.25) is 0 Å². The van der Waals surface area contributed by atoms with Crippen molar-refractivity contribution in [2.45, 2.75) is 97.0 Å². The van der Waals surface area contributed by atoms with Crippen LogP contribution in [0.25, 0.3) is 0 Å². The highest BCUT2D eigenvalue weighted by Gasteiger charge is 2.50. The number of unbranched alkanes of at least 4 members (excludes halogenated alkanes) is 4. The lowest BCUT2D eigenvalue weighted by molar-refractivity contribution is -0.151. The Morgan fingerprint density at radius 2 is 1.68 bits per heavy atom. The van der Waals surface area contributed by atoms with Crippen molar-refractivity contribution in [3.8, 4) is 0 Å². The lowest BCUT2D eigenvalue weighted by atomic mass is 9.88. The molecule has 0 saturated heterocycles. The van der Waals surface area contributed by atoms with E-state index in [4.69, 9.17) is 16.6 Å². The largest absolute Gasteiger partial charge is 0.396 e. The van der Waals surface area contributed by atoms with Crippen LogP contribution < -0.4 is 11.8 Å². The highest BCUT2D eigenvalue weighted by Crippen LogP contribution is 2.50. The first-order valence-corrected chi connectivity index (χ1v) is 9.77. The molecule has 5 N–H and O–H groups in total. The molecule has 1 unspecified atom stereocenters. The van der Waals surface area contributed by atoms with Crippen LogP contribution in [0.15, 0.2) is 0 Å². The molecule has 0 aromatic carbocycles. The highest BCUT2D eigenvalue weighted by atomic mass is 16.7. The van der Waals surface area contributed by atoms with E-state index >= 15 is 0 Å². The molecule has 1 aliphatic rings. The van der Waals surface area contributed by atoms with Crippen LogP contribution in [0.3, 0.4) is 0 Å². The molecule has 1 aliphatic carbocycles. The predicted molar refractivity (Wildman–Crippen MR) is 98.0 cm³/mol. The minimum Gasteiger partial charge on any atom is -0.396 e. The van der Waals surface area contributed by atoms with Crippen molar-refractivity contribution in [1.29, 1.82) is 0 Å². The molecule has 0 bridgehead atoms. The van der Waals surface area contributed by atoms with Gasteiger partial charge in [0.2, 0.25) is 0 Å². The van der Waals surface area contributed by atoms with Gasteiger partial charge in [-0.15, -0.1) is 0 Å². The van der Waals surface area contributed by atoms with Crippen molar-refractivity contribution in [1.82, 2.24) is 0 Å². The number of aliphatic hydroxyl groups excluding tert-OH is 1. The molecule has 148 valence electrons. The Morgan fingerprint density at radius 3 is 2.16 bits per heavy atom. The number of rotatable bonds is 15. The molecule has 1 fully saturated rings. The van der Waals surface area contributed by atoms with Crippen LogP contribution in [-0.4, -0.2) is 23.8 Å². The Bertz CT molecular complexity index is 384. The number of nitrogens with two attached hydrogens (primary N) is 2. The summed E-state index contributed by atoms with van der Waals surface area (Å²) in [6, 6.07) is 0. The summed E-state index contributed by atoms with van der Waals surface area (Å²) in [6.07, 6.45) is 12.3. The van der Waals surface area contributed by atoms with E-state index in [9.17, 15) is 9.90 Å². The normalized spacial score (nSPS) is 17.3. The summed E-state index contributed by atoms with van der Waals surface area (Å²) in [6.45, 7) is 4.43. The van der Waals surface area contributed by atoms with E-state index in [1.807, 2.05) is 0 Å². The van der Waals surface area contributed by atoms with Gasteiger partial charge in [0.1, 0.15) is 0 Å². The summed E-state index contributed by atoms with van der Waals surface area (Å²) in [5.41, 5.74) is -0.250. The zero-order chi connectivity index (χ0) is 18.8. The Labute approximate surface area is 152 Å². The molecule has 0 aliphatic heterocycles. The van der Waals surface area contributed by atoms with Gasteiger partial charge in [-0.3, -0.25) is 0 Å². The Balaban J connectivity index is 2.03. The highest BCUT2D eigenvalue weighted by molar-refractivity contribution is 5.79. The second-order valence-corrected chi connectivity index (χ2v) is 8.46. The van der Waals surface area contributed by atoms with Crippen LogP contribution in [0.4, 0.5) is 0 Å². The Hall–Kier alpha value is -0.690. The third-order valence-corrected chi connectivity index (χ3v) is 5.58. The maximum absolute atomic E-state index is 11.6. The molecular weight excluding hydrogens is 320 g/mol. The summed E-state index contributed by atoms with van der Waals surface area (Å²) in [7, 11) is 0. The van der Waals surface area contributed by atoms with E-state index in [1.54, 1.807) is 0 Å². The number of aliphatic hydroxyl groups is 1. The molecular formula is C19H38N2O4. The fourth-order valence-electron chi connectivity index (χ4n) is 3.36. The molecule has 0 spiro atoms. The first kappa shape index (κ1) is 22.4. The fourth-order valence-corrected chi connectivity index (χ4v) is 3.36. The third kappa shape index (κ3) is 8.49. The molecule has 0 radical (unpaired) electrons. The number of carbonyl (C=O) groups excluding carboxylic acids is 1. The topological polar surface area (TPSA) is 108 Å². The first-order valence-electron chi connectivity index (χ1n) is 9.77. The maximum atomic E-state index is 11.6. The second kappa shape index (κ2) is 11.1. The lowest BCUT2D eigenvalue weighted by Gasteiger charge is -2.21. The Kier molecular flexibility index (Phi) is 9.94. The van der Waals surface area contributed by atoms with Gasteiger partial charge in [-0.2, -0.15) is 5.90 Å². The standard InChI is InChI=1S/C19H38N2O4/c1-18(2,15-22)11-7-3-5-9-16(24-20)10-6-4-8-12-19(13-14-19)17(23)25-21/h16,22H,3-15,20-21H2,1-2H3. The first-order chi connectivity index (χ1) is 11.9. The van der Waals surface area contributed by atoms with E-state index in [-0.39, 0.29) is 29.5 Å². The molecule has 1 saturated carbocycles. The van der Waals surface area contributed by atoms with Crippen LogP contribution in [0.5, 0.6) is 0 Å². The van der Waals surface area contributed by atoms with Crippen molar-refractivity contribution >= 4 is 5.97 Å². The minimum absolute atomic E-state index is 0.0268. The molecule has 0 amide bonds. The van der Waals surface area contributed by atoms with Crippen LogP contribution in [-0.2, 0) is 14.5 Å². The molecule has 0 aromatic heterocycles. The summed E-state index contributed by atoms with van der Waals surface area (Å²) >= 11 is 0. The van der Waals surface area contributed by atoms with Crippen molar-refractivity contribution in [2.75, 3.05) is 6.61 Å². The number of hydrogen-bond acceptors (Lipinski definition) is 6. The summed E-state index contributed by atoms with van der Waals surface area (Å²) in [5.74, 6) is 10.2. The molecule has 0 aromatic rings. The van der Waals surface area contributed by atoms with Gasteiger partial charge < -0.3 is 14.8 Å². The molecule has 6 nitrogen and oxygen atoms in total. The van der Waals surface area contributed by atoms with Crippen molar-refractivity contribution < 1.29 is 19.6 Å². The summed E-state index contributed by atoms with van der Waals surface area (Å²) in [5, 5.41) is 9.25. The SMILES string of the molecule is CC(C)(CO)CCCCCC(CCCCCC1(C(=O)ON)CC1)ON. The Morgan fingerprint density at radius 1 is 1.08 bits per heavy atom. The van der Waals surface area contributed by atoms with Crippen LogP contribution in [0.1, 0.15) is 90.9 Å². The van der Waals surface area contributed by atoms with Gasteiger partial charge in [0.15, 0.2) is 0 Å². The average molecular weight is 359 g/mol. The van der Waals surface area contributed by atoms with Crippen molar-refractivity contribution in [3.63, 3.8) is 0 Å².